The molecule has 0 aliphatic carbocycles. The fourth-order valence-corrected chi connectivity index (χ4v) is 5.03. The third-order valence-electron chi connectivity index (χ3n) is 7.46. The van der Waals surface area contributed by atoms with Crippen LogP contribution in [-0.4, -0.2) is 52.9 Å². The van der Waals surface area contributed by atoms with Gasteiger partial charge in [0.05, 0.1) is 11.3 Å². The van der Waals surface area contributed by atoms with Gasteiger partial charge in [0.25, 0.3) is 0 Å². The topological polar surface area (TPSA) is 94.0 Å². The highest BCUT2D eigenvalue weighted by Gasteiger charge is 2.35. The second-order valence-corrected chi connectivity index (χ2v) is 12.6. The molecule has 2 aromatic heterocycles. The van der Waals surface area contributed by atoms with Crippen LogP contribution >= 0.6 is 0 Å². The lowest BCUT2D eigenvalue weighted by Gasteiger charge is -2.40. The van der Waals surface area contributed by atoms with Gasteiger partial charge in [-0.3, -0.25) is 4.98 Å². The first kappa shape index (κ1) is 31.2. The molecule has 1 aliphatic heterocycles. The molecular weight excluding hydrogens is 537 g/mol. The van der Waals surface area contributed by atoms with Crippen LogP contribution < -0.4 is 14.4 Å². The summed E-state index contributed by atoms with van der Waals surface area (Å²) in [7, 11) is 0. The Bertz CT molecular complexity index is 1390. The average molecular weight is 580 g/mol. The van der Waals surface area contributed by atoms with Crippen molar-refractivity contribution >= 4 is 11.7 Å². The Morgan fingerprint density at radius 1 is 1.05 bits per heavy atom. The number of ether oxygens (including phenoxy) is 3. The first-order valence-electron chi connectivity index (χ1n) is 14.4. The van der Waals surface area contributed by atoms with Gasteiger partial charge in [-0.1, -0.05) is 13.8 Å². The summed E-state index contributed by atoms with van der Waals surface area (Å²) >= 11 is 0. The quantitative estimate of drug-likeness (QED) is 0.259. The highest BCUT2D eigenvalue weighted by molar-refractivity contribution is 5.86. The minimum atomic E-state index is -1.18. The summed E-state index contributed by atoms with van der Waals surface area (Å²) < 4.78 is 31.0. The largest absolute Gasteiger partial charge is 0.490 e. The van der Waals surface area contributed by atoms with Crippen molar-refractivity contribution in [2.45, 2.75) is 73.0 Å². The molecule has 1 aromatic carbocycles. The van der Waals surface area contributed by atoms with Crippen molar-refractivity contribution in [3.05, 3.63) is 65.4 Å². The Labute approximate surface area is 247 Å². The smallest absolute Gasteiger partial charge is 0.337 e. The number of aliphatic carboxylic acids is 1. The molecule has 3 heterocycles. The summed E-state index contributed by atoms with van der Waals surface area (Å²) in [5.74, 6) is -0.317. The monoisotopic (exact) mass is 579 g/mol. The number of benzene rings is 1. The number of carbonyl (C=O) groups is 1. The van der Waals surface area contributed by atoms with Crippen LogP contribution in [0.4, 0.5) is 10.1 Å². The van der Waals surface area contributed by atoms with E-state index >= 15 is 0 Å². The number of carboxylic acid groups (broad SMARTS) is 1. The molecule has 1 aliphatic rings. The van der Waals surface area contributed by atoms with Crippen molar-refractivity contribution in [3.63, 3.8) is 0 Å². The zero-order chi connectivity index (χ0) is 30.7. The zero-order valence-electron chi connectivity index (χ0n) is 25.7. The molecular formula is C33H42FN3O5. The van der Waals surface area contributed by atoms with Gasteiger partial charge in [0, 0.05) is 53.9 Å². The lowest BCUT2D eigenvalue weighted by molar-refractivity contribution is -0.160. The molecule has 1 saturated heterocycles. The summed E-state index contributed by atoms with van der Waals surface area (Å²) in [5, 5.41) is 10.3. The van der Waals surface area contributed by atoms with Crippen LogP contribution in [0.3, 0.4) is 0 Å². The van der Waals surface area contributed by atoms with Crippen molar-refractivity contribution < 1.29 is 28.5 Å². The number of halogens is 1. The SMILES string of the molecule is Cc1cc(OCCOc2ccc(-c3cnc(C)c([C@H](OC(C)(C)C)C(=O)O)c3N3CCC(C)(C)CC3)cn2)ccc1F. The number of hydrogen-bond acceptors (Lipinski definition) is 7. The molecule has 0 unspecified atom stereocenters. The van der Waals surface area contributed by atoms with Crippen LogP contribution in [0.2, 0.25) is 0 Å². The lowest BCUT2D eigenvalue weighted by atomic mass is 9.82. The minimum absolute atomic E-state index is 0.215. The van der Waals surface area contributed by atoms with Crippen molar-refractivity contribution in [2.75, 3.05) is 31.2 Å². The van der Waals surface area contributed by atoms with Crippen LogP contribution in [0.15, 0.2) is 42.7 Å². The third-order valence-corrected chi connectivity index (χ3v) is 7.46. The Morgan fingerprint density at radius 2 is 1.74 bits per heavy atom. The summed E-state index contributed by atoms with van der Waals surface area (Å²) in [6.07, 6.45) is 4.29. The average Bonchev–Trinajstić information content (AvgIpc) is 2.92. The number of hydrogen-bond donors (Lipinski definition) is 1. The highest BCUT2D eigenvalue weighted by atomic mass is 19.1. The molecule has 3 aromatic rings. The van der Waals surface area contributed by atoms with Crippen molar-refractivity contribution in [1.82, 2.24) is 9.97 Å². The molecule has 8 nitrogen and oxygen atoms in total. The van der Waals surface area contributed by atoms with Crippen LogP contribution in [0, 0.1) is 25.1 Å². The van der Waals surface area contributed by atoms with E-state index in [-0.39, 0.29) is 24.4 Å². The number of pyridine rings is 2. The first-order chi connectivity index (χ1) is 19.7. The lowest BCUT2D eigenvalue weighted by Crippen LogP contribution is -2.39. The van der Waals surface area contributed by atoms with Gasteiger partial charge >= 0.3 is 5.97 Å². The Balaban J connectivity index is 1.60. The standard InChI is InChI=1S/C33H42FN3O5/c1-21-18-24(9-10-26(21)34)40-16-17-41-27-11-8-23(19-36-27)25-20-35-22(2)28(30(31(38)39)42-32(3,4)5)29(25)37-14-12-33(6,7)13-15-37/h8-11,18-20,30H,12-17H2,1-7H3,(H,38,39)/t30-/m0/s1. The molecule has 0 radical (unpaired) electrons. The van der Waals surface area contributed by atoms with Crippen molar-refractivity contribution in [3.8, 4) is 22.8 Å². The minimum Gasteiger partial charge on any atom is -0.490 e. The summed E-state index contributed by atoms with van der Waals surface area (Å²) in [4.78, 5) is 24.0. The Kier molecular flexibility index (Phi) is 9.40. The van der Waals surface area contributed by atoms with E-state index < -0.39 is 17.7 Å². The van der Waals surface area contributed by atoms with Gasteiger partial charge in [0.2, 0.25) is 5.88 Å². The number of nitrogens with zero attached hydrogens (tertiary/aromatic N) is 3. The molecule has 9 heteroatoms. The highest BCUT2D eigenvalue weighted by Crippen LogP contribution is 2.43. The molecule has 1 fully saturated rings. The molecule has 0 saturated carbocycles. The van der Waals surface area contributed by atoms with Crippen LogP contribution in [0.1, 0.15) is 70.4 Å². The normalized spacial score (nSPS) is 15.8. The van der Waals surface area contributed by atoms with Crippen LogP contribution in [0.25, 0.3) is 11.1 Å². The van der Waals surface area contributed by atoms with Gasteiger partial charge in [-0.2, -0.15) is 0 Å². The predicted molar refractivity (Wildman–Crippen MR) is 161 cm³/mol. The van der Waals surface area contributed by atoms with E-state index in [1.165, 1.54) is 6.07 Å². The number of aromatic nitrogens is 2. The maximum atomic E-state index is 13.5. The van der Waals surface area contributed by atoms with Gasteiger partial charge in [0.15, 0.2) is 6.10 Å². The number of rotatable bonds is 10. The first-order valence-corrected chi connectivity index (χ1v) is 14.4. The number of anilines is 1. The van der Waals surface area contributed by atoms with E-state index in [2.05, 4.69) is 28.7 Å². The number of carboxylic acids is 1. The van der Waals surface area contributed by atoms with Gasteiger partial charge in [-0.05, 0) is 82.7 Å². The number of aryl methyl sites for hydroxylation is 2. The van der Waals surface area contributed by atoms with Gasteiger partial charge < -0.3 is 24.2 Å². The van der Waals surface area contributed by atoms with E-state index in [1.54, 1.807) is 37.5 Å². The van der Waals surface area contributed by atoms with E-state index in [4.69, 9.17) is 14.2 Å². The molecule has 0 amide bonds. The molecule has 0 spiro atoms. The van der Waals surface area contributed by atoms with Gasteiger partial charge in [-0.15, -0.1) is 0 Å². The fraction of sp³-hybridized carbons (Fsp3) is 0.485. The second kappa shape index (κ2) is 12.7. The molecule has 42 heavy (non-hydrogen) atoms. The summed E-state index contributed by atoms with van der Waals surface area (Å²) in [5.41, 5.74) is 3.68. The maximum Gasteiger partial charge on any atom is 0.337 e. The van der Waals surface area contributed by atoms with Crippen LogP contribution in [0.5, 0.6) is 11.6 Å². The van der Waals surface area contributed by atoms with E-state index in [0.29, 0.717) is 28.5 Å². The molecule has 1 N–H and O–H groups in total. The fourth-order valence-electron chi connectivity index (χ4n) is 5.03. The second-order valence-electron chi connectivity index (χ2n) is 12.6. The third kappa shape index (κ3) is 7.76. The van der Waals surface area contributed by atoms with E-state index in [1.807, 2.05) is 33.8 Å². The summed E-state index contributed by atoms with van der Waals surface area (Å²) in [6.45, 7) is 15.7. The van der Waals surface area contributed by atoms with E-state index in [0.717, 1.165) is 42.7 Å². The Morgan fingerprint density at radius 3 is 2.33 bits per heavy atom. The van der Waals surface area contributed by atoms with Crippen molar-refractivity contribution in [2.24, 2.45) is 5.41 Å². The summed E-state index contributed by atoms with van der Waals surface area (Å²) in [6, 6.07) is 8.29. The zero-order valence-corrected chi connectivity index (χ0v) is 25.7. The molecule has 0 bridgehead atoms. The van der Waals surface area contributed by atoms with Crippen LogP contribution in [-0.2, 0) is 9.53 Å². The van der Waals surface area contributed by atoms with Gasteiger partial charge in [-0.25, -0.2) is 14.2 Å². The molecule has 4 rings (SSSR count). The Hall–Kier alpha value is -3.72. The maximum absolute atomic E-state index is 13.5. The number of piperidine rings is 1. The van der Waals surface area contributed by atoms with Gasteiger partial charge in [0.1, 0.15) is 24.8 Å². The molecule has 1 atom stereocenters. The molecule has 226 valence electrons. The predicted octanol–water partition coefficient (Wildman–Crippen LogP) is 6.92. The van der Waals surface area contributed by atoms with E-state index in [9.17, 15) is 14.3 Å². The van der Waals surface area contributed by atoms with Crippen molar-refractivity contribution in [1.29, 1.82) is 0 Å².